The zero-order chi connectivity index (χ0) is 12.8. The molecule has 2 unspecified atom stereocenters. The lowest BCUT2D eigenvalue weighted by Gasteiger charge is -2.43. The van der Waals surface area contributed by atoms with Crippen molar-refractivity contribution in [2.45, 2.75) is 75.5 Å². The van der Waals surface area contributed by atoms with Crippen LogP contribution < -0.4 is 5.32 Å². The van der Waals surface area contributed by atoms with Crippen molar-refractivity contribution >= 4 is 0 Å². The first-order chi connectivity index (χ1) is 8.78. The van der Waals surface area contributed by atoms with Gasteiger partial charge in [-0.25, -0.2) is 0 Å². The van der Waals surface area contributed by atoms with E-state index in [2.05, 4.69) is 12.4 Å². The molecule has 18 heavy (non-hydrogen) atoms. The van der Waals surface area contributed by atoms with E-state index in [1.807, 2.05) is 7.11 Å². The molecule has 2 aliphatic rings. The van der Waals surface area contributed by atoms with Gasteiger partial charge in [0.2, 0.25) is 0 Å². The molecule has 3 nitrogen and oxygen atoms in total. The first kappa shape index (κ1) is 14.3. The first-order valence-electron chi connectivity index (χ1n) is 7.62. The number of methoxy groups -OCH3 is 1. The summed E-state index contributed by atoms with van der Waals surface area (Å²) in [5, 5.41) is 3.46. The van der Waals surface area contributed by atoms with E-state index in [1.165, 1.54) is 57.8 Å². The number of ether oxygens (including phenoxy) is 2. The molecule has 2 rings (SSSR count). The largest absolute Gasteiger partial charge is 0.378 e. The molecule has 0 aromatic rings. The predicted molar refractivity (Wildman–Crippen MR) is 73.9 cm³/mol. The monoisotopic (exact) mass is 255 g/mol. The topological polar surface area (TPSA) is 30.5 Å². The van der Waals surface area contributed by atoms with Crippen molar-refractivity contribution in [2.75, 3.05) is 20.8 Å². The van der Waals surface area contributed by atoms with Crippen LogP contribution in [0.2, 0.25) is 0 Å². The third-order valence-corrected chi connectivity index (χ3v) is 4.83. The van der Waals surface area contributed by atoms with Crippen molar-refractivity contribution in [1.29, 1.82) is 0 Å². The molecule has 1 N–H and O–H groups in total. The summed E-state index contributed by atoms with van der Waals surface area (Å²) in [5.74, 6) is 0. The summed E-state index contributed by atoms with van der Waals surface area (Å²) < 4.78 is 11.4. The highest BCUT2D eigenvalue weighted by Gasteiger charge is 2.38. The van der Waals surface area contributed by atoms with Gasteiger partial charge in [0.15, 0.2) is 0 Å². The summed E-state index contributed by atoms with van der Waals surface area (Å²) in [6.45, 7) is 0.979. The smallest absolute Gasteiger partial charge is 0.0693 e. The molecule has 0 aromatic carbocycles. The van der Waals surface area contributed by atoms with E-state index in [1.54, 1.807) is 0 Å². The van der Waals surface area contributed by atoms with Crippen molar-refractivity contribution in [3.63, 3.8) is 0 Å². The van der Waals surface area contributed by atoms with Gasteiger partial charge in [0, 0.05) is 19.8 Å². The normalized spacial score (nSPS) is 28.0. The average molecular weight is 255 g/mol. The van der Waals surface area contributed by atoms with E-state index in [0.717, 1.165) is 6.61 Å². The molecule has 0 aromatic heterocycles. The number of hydrogen-bond donors (Lipinski definition) is 1. The Labute approximate surface area is 112 Å². The van der Waals surface area contributed by atoms with Gasteiger partial charge in [-0.1, -0.05) is 0 Å². The third kappa shape index (κ3) is 3.69. The standard InChI is InChI=1S/C15H29NO2/c1-16-13(12-15(17-2)9-5-10-15)6-3-7-14-8-4-11-18-14/h13-14,16H,3-12H2,1-2H3. The molecular formula is C15H29NO2. The predicted octanol–water partition coefficient (Wildman–Crippen LogP) is 2.88. The van der Waals surface area contributed by atoms with E-state index >= 15 is 0 Å². The molecule has 1 heterocycles. The summed E-state index contributed by atoms with van der Waals surface area (Å²) in [4.78, 5) is 0. The van der Waals surface area contributed by atoms with Crippen molar-refractivity contribution in [2.24, 2.45) is 0 Å². The molecule has 0 spiro atoms. The fourth-order valence-electron chi connectivity index (χ4n) is 3.32. The minimum atomic E-state index is 0.192. The molecule has 2 atom stereocenters. The van der Waals surface area contributed by atoms with Gasteiger partial charge in [0.05, 0.1) is 11.7 Å². The summed E-state index contributed by atoms with van der Waals surface area (Å²) in [6.07, 6.45) is 11.8. The second kappa shape index (κ2) is 6.88. The first-order valence-corrected chi connectivity index (χ1v) is 7.62. The summed E-state index contributed by atoms with van der Waals surface area (Å²) in [7, 11) is 3.96. The van der Waals surface area contributed by atoms with Crippen LogP contribution in [0.5, 0.6) is 0 Å². The summed E-state index contributed by atoms with van der Waals surface area (Å²) in [6, 6.07) is 0.603. The molecular weight excluding hydrogens is 226 g/mol. The summed E-state index contributed by atoms with van der Waals surface area (Å²) in [5.41, 5.74) is 0.192. The van der Waals surface area contributed by atoms with Gasteiger partial charge < -0.3 is 14.8 Å². The van der Waals surface area contributed by atoms with Gasteiger partial charge in [-0.3, -0.25) is 0 Å². The molecule has 1 saturated carbocycles. The van der Waals surface area contributed by atoms with Crippen LogP contribution in [-0.4, -0.2) is 38.5 Å². The Kier molecular flexibility index (Phi) is 5.46. The van der Waals surface area contributed by atoms with Crippen LogP contribution in [0.15, 0.2) is 0 Å². The lowest BCUT2D eigenvalue weighted by Crippen LogP contribution is -2.45. The minimum Gasteiger partial charge on any atom is -0.378 e. The Morgan fingerprint density at radius 2 is 2.22 bits per heavy atom. The molecule has 0 bridgehead atoms. The van der Waals surface area contributed by atoms with Gasteiger partial charge in [0.1, 0.15) is 0 Å². The number of hydrogen-bond acceptors (Lipinski definition) is 3. The van der Waals surface area contributed by atoms with Gasteiger partial charge in [-0.05, 0) is 64.8 Å². The van der Waals surface area contributed by atoms with Crippen molar-refractivity contribution < 1.29 is 9.47 Å². The maximum Gasteiger partial charge on any atom is 0.0693 e. The van der Waals surface area contributed by atoms with Crippen LogP contribution in [0.25, 0.3) is 0 Å². The van der Waals surface area contributed by atoms with Crippen LogP contribution in [0, 0.1) is 0 Å². The molecule has 2 fully saturated rings. The minimum absolute atomic E-state index is 0.192. The van der Waals surface area contributed by atoms with Gasteiger partial charge in [0.25, 0.3) is 0 Å². The highest BCUT2D eigenvalue weighted by atomic mass is 16.5. The van der Waals surface area contributed by atoms with Crippen LogP contribution in [0.1, 0.15) is 57.8 Å². The molecule has 1 saturated heterocycles. The Morgan fingerprint density at radius 3 is 2.72 bits per heavy atom. The molecule has 1 aliphatic carbocycles. The van der Waals surface area contributed by atoms with Gasteiger partial charge in [-0.15, -0.1) is 0 Å². The van der Waals surface area contributed by atoms with Crippen molar-refractivity contribution in [1.82, 2.24) is 5.32 Å². The van der Waals surface area contributed by atoms with E-state index in [4.69, 9.17) is 9.47 Å². The number of nitrogens with one attached hydrogen (secondary N) is 1. The highest BCUT2D eigenvalue weighted by molar-refractivity contribution is 4.92. The lowest BCUT2D eigenvalue weighted by atomic mass is 9.75. The lowest BCUT2D eigenvalue weighted by molar-refractivity contribution is -0.0837. The Balaban J connectivity index is 1.65. The molecule has 0 radical (unpaired) electrons. The third-order valence-electron chi connectivity index (χ3n) is 4.83. The maximum absolute atomic E-state index is 5.72. The Hall–Kier alpha value is -0.120. The van der Waals surface area contributed by atoms with Gasteiger partial charge in [-0.2, -0.15) is 0 Å². The summed E-state index contributed by atoms with van der Waals surface area (Å²) >= 11 is 0. The van der Waals surface area contributed by atoms with E-state index in [0.29, 0.717) is 12.1 Å². The molecule has 1 aliphatic heterocycles. The molecule has 0 amide bonds. The average Bonchev–Trinajstić information content (AvgIpc) is 2.84. The van der Waals surface area contributed by atoms with E-state index in [-0.39, 0.29) is 5.60 Å². The van der Waals surface area contributed by atoms with E-state index < -0.39 is 0 Å². The van der Waals surface area contributed by atoms with Crippen LogP contribution >= 0.6 is 0 Å². The van der Waals surface area contributed by atoms with E-state index in [9.17, 15) is 0 Å². The van der Waals surface area contributed by atoms with Crippen molar-refractivity contribution in [3.8, 4) is 0 Å². The Bertz CT molecular complexity index is 229. The molecule has 3 heteroatoms. The Morgan fingerprint density at radius 1 is 1.39 bits per heavy atom. The second-order valence-corrected chi connectivity index (χ2v) is 6.00. The fraction of sp³-hybridized carbons (Fsp3) is 1.00. The van der Waals surface area contributed by atoms with Gasteiger partial charge >= 0.3 is 0 Å². The van der Waals surface area contributed by atoms with Crippen LogP contribution in [0.3, 0.4) is 0 Å². The van der Waals surface area contributed by atoms with Crippen LogP contribution in [-0.2, 0) is 9.47 Å². The second-order valence-electron chi connectivity index (χ2n) is 6.00. The number of rotatable bonds is 8. The SMILES string of the molecule is CNC(CCCC1CCCO1)CC1(OC)CCC1. The maximum atomic E-state index is 5.72. The fourth-order valence-corrected chi connectivity index (χ4v) is 3.32. The zero-order valence-electron chi connectivity index (χ0n) is 12.0. The highest BCUT2D eigenvalue weighted by Crippen LogP contribution is 2.39. The molecule has 106 valence electrons. The zero-order valence-corrected chi connectivity index (χ0v) is 12.0. The van der Waals surface area contributed by atoms with Crippen molar-refractivity contribution in [3.05, 3.63) is 0 Å². The van der Waals surface area contributed by atoms with Crippen LogP contribution in [0.4, 0.5) is 0 Å². The quantitative estimate of drug-likeness (QED) is 0.723.